The van der Waals surface area contributed by atoms with Crippen molar-refractivity contribution in [2.24, 2.45) is 0 Å². The van der Waals surface area contributed by atoms with E-state index in [4.69, 9.17) is 0 Å². The molecule has 1 aliphatic heterocycles. The molecule has 2 nitrogen and oxygen atoms in total. The molecule has 0 aromatic heterocycles. The summed E-state index contributed by atoms with van der Waals surface area (Å²) in [5, 5.41) is 3.00. The molecule has 1 aliphatic rings. The summed E-state index contributed by atoms with van der Waals surface area (Å²) in [4.78, 5) is 2.13. The second kappa shape index (κ2) is 4.39. The second-order valence-corrected chi connectivity index (χ2v) is 5.53. The summed E-state index contributed by atoms with van der Waals surface area (Å²) in [7, 11) is 3.84. The van der Waals surface area contributed by atoms with E-state index in [1.165, 1.54) is 5.57 Å². The highest BCUT2D eigenvalue weighted by Gasteiger charge is 2.29. The number of hydrogen-bond acceptors (Lipinski definition) is 2. The SMILES string of the molecule is CNCc1cc2c(cc1F)N(C)C(C)(C)C=C2C. The number of halogens is 1. The van der Waals surface area contributed by atoms with Crippen LogP contribution in [0.25, 0.3) is 5.57 Å². The number of benzene rings is 1. The van der Waals surface area contributed by atoms with E-state index in [2.05, 4.69) is 37.1 Å². The fourth-order valence-corrected chi connectivity index (χ4v) is 2.54. The Balaban J connectivity index is 2.58. The van der Waals surface area contributed by atoms with Gasteiger partial charge in [0.15, 0.2) is 0 Å². The van der Waals surface area contributed by atoms with Gasteiger partial charge in [-0.15, -0.1) is 0 Å². The summed E-state index contributed by atoms with van der Waals surface area (Å²) in [6.07, 6.45) is 2.23. The van der Waals surface area contributed by atoms with Crippen molar-refractivity contribution in [3.63, 3.8) is 0 Å². The number of allylic oxidation sites excluding steroid dienone is 1. The van der Waals surface area contributed by atoms with Crippen LogP contribution in [0.5, 0.6) is 0 Å². The zero-order valence-electron chi connectivity index (χ0n) is 11.8. The predicted octanol–water partition coefficient (Wildman–Crippen LogP) is 3.18. The minimum Gasteiger partial charge on any atom is -0.365 e. The minimum atomic E-state index is -0.138. The van der Waals surface area contributed by atoms with Crippen molar-refractivity contribution in [1.82, 2.24) is 5.32 Å². The fraction of sp³-hybridized carbons (Fsp3) is 0.467. The number of nitrogens with one attached hydrogen (secondary N) is 1. The van der Waals surface area contributed by atoms with Crippen molar-refractivity contribution in [2.45, 2.75) is 32.9 Å². The molecule has 0 amide bonds. The summed E-state index contributed by atoms with van der Waals surface area (Å²) in [5.74, 6) is -0.138. The molecule has 18 heavy (non-hydrogen) atoms. The van der Waals surface area contributed by atoms with Gasteiger partial charge in [-0.1, -0.05) is 6.08 Å². The number of nitrogens with zero attached hydrogens (tertiary/aromatic N) is 1. The van der Waals surface area contributed by atoms with Gasteiger partial charge in [-0.05, 0) is 45.5 Å². The van der Waals surface area contributed by atoms with Gasteiger partial charge in [-0.2, -0.15) is 0 Å². The number of likely N-dealkylation sites (N-methyl/N-ethyl adjacent to an activating group) is 1. The van der Waals surface area contributed by atoms with Gasteiger partial charge in [0.05, 0.1) is 5.54 Å². The van der Waals surface area contributed by atoms with E-state index in [0.29, 0.717) is 6.54 Å². The van der Waals surface area contributed by atoms with E-state index in [0.717, 1.165) is 16.8 Å². The summed E-state index contributed by atoms with van der Waals surface area (Å²) in [6.45, 7) is 6.92. The molecule has 1 N–H and O–H groups in total. The third kappa shape index (κ3) is 2.03. The molecule has 0 fully saturated rings. The average molecular weight is 248 g/mol. The normalized spacial score (nSPS) is 17.4. The van der Waals surface area contributed by atoms with Gasteiger partial charge in [0.1, 0.15) is 5.82 Å². The Hall–Kier alpha value is -1.35. The van der Waals surface area contributed by atoms with E-state index >= 15 is 0 Å². The lowest BCUT2D eigenvalue weighted by molar-refractivity contribution is 0.580. The number of hydrogen-bond donors (Lipinski definition) is 1. The maximum absolute atomic E-state index is 14.0. The third-order valence-corrected chi connectivity index (χ3v) is 3.75. The molecule has 1 aromatic rings. The first-order valence-electron chi connectivity index (χ1n) is 6.27. The highest BCUT2D eigenvalue weighted by Crippen LogP contribution is 2.38. The van der Waals surface area contributed by atoms with Gasteiger partial charge in [0.25, 0.3) is 0 Å². The van der Waals surface area contributed by atoms with E-state index in [-0.39, 0.29) is 11.4 Å². The minimum absolute atomic E-state index is 0.0754. The number of rotatable bonds is 2. The molecule has 3 heteroatoms. The van der Waals surface area contributed by atoms with Crippen LogP contribution in [0.1, 0.15) is 31.9 Å². The molecule has 98 valence electrons. The van der Waals surface area contributed by atoms with Crippen LogP contribution in [0, 0.1) is 5.82 Å². The number of anilines is 1. The van der Waals surface area contributed by atoms with Crippen LogP contribution in [0.2, 0.25) is 0 Å². The van der Waals surface area contributed by atoms with E-state index in [9.17, 15) is 4.39 Å². The van der Waals surface area contributed by atoms with Gasteiger partial charge in [-0.25, -0.2) is 4.39 Å². The Morgan fingerprint density at radius 1 is 1.33 bits per heavy atom. The first-order chi connectivity index (χ1) is 8.36. The third-order valence-electron chi connectivity index (χ3n) is 3.75. The van der Waals surface area contributed by atoms with E-state index in [1.54, 1.807) is 6.07 Å². The van der Waals surface area contributed by atoms with Crippen molar-refractivity contribution in [1.29, 1.82) is 0 Å². The van der Waals surface area contributed by atoms with Gasteiger partial charge in [0.2, 0.25) is 0 Å². The molecule has 0 spiro atoms. The van der Waals surface area contributed by atoms with Crippen molar-refractivity contribution in [3.05, 3.63) is 35.2 Å². The smallest absolute Gasteiger partial charge is 0.129 e. The molecule has 0 bridgehead atoms. The van der Waals surface area contributed by atoms with Crippen LogP contribution < -0.4 is 10.2 Å². The molecule has 2 rings (SSSR count). The van der Waals surface area contributed by atoms with Crippen molar-refractivity contribution in [3.8, 4) is 0 Å². The summed E-state index contributed by atoms with van der Waals surface area (Å²) in [5.41, 5.74) is 3.96. The van der Waals surface area contributed by atoms with E-state index in [1.807, 2.05) is 20.2 Å². The molecular formula is C15H21FN2. The molecule has 1 aromatic carbocycles. The maximum Gasteiger partial charge on any atom is 0.129 e. The van der Waals surface area contributed by atoms with Gasteiger partial charge in [-0.3, -0.25) is 0 Å². The van der Waals surface area contributed by atoms with Gasteiger partial charge in [0, 0.05) is 30.4 Å². The topological polar surface area (TPSA) is 15.3 Å². The molecule has 0 atom stereocenters. The maximum atomic E-state index is 14.0. The van der Waals surface area contributed by atoms with Gasteiger partial charge < -0.3 is 10.2 Å². The van der Waals surface area contributed by atoms with Crippen LogP contribution in [0.4, 0.5) is 10.1 Å². The van der Waals surface area contributed by atoms with Crippen LogP contribution in [-0.2, 0) is 6.54 Å². The van der Waals surface area contributed by atoms with Crippen LogP contribution in [0.3, 0.4) is 0 Å². The fourth-order valence-electron chi connectivity index (χ4n) is 2.54. The van der Waals surface area contributed by atoms with Crippen molar-refractivity contribution >= 4 is 11.3 Å². The zero-order chi connectivity index (χ0) is 13.5. The first kappa shape index (κ1) is 13.1. The van der Waals surface area contributed by atoms with E-state index < -0.39 is 0 Å². The zero-order valence-corrected chi connectivity index (χ0v) is 11.8. The Morgan fingerprint density at radius 3 is 2.61 bits per heavy atom. The highest BCUT2D eigenvalue weighted by molar-refractivity contribution is 5.81. The molecule has 0 unspecified atom stereocenters. The summed E-state index contributed by atoms with van der Waals surface area (Å²) < 4.78 is 14.0. The van der Waals surface area contributed by atoms with Crippen molar-refractivity contribution in [2.75, 3.05) is 19.0 Å². The second-order valence-electron chi connectivity index (χ2n) is 5.53. The molecular weight excluding hydrogens is 227 g/mol. The highest BCUT2D eigenvalue weighted by atomic mass is 19.1. The Bertz CT molecular complexity index is 503. The Morgan fingerprint density at radius 2 is 2.00 bits per heavy atom. The molecule has 0 aliphatic carbocycles. The molecule has 0 radical (unpaired) electrons. The van der Waals surface area contributed by atoms with Crippen LogP contribution in [0.15, 0.2) is 18.2 Å². The van der Waals surface area contributed by atoms with Gasteiger partial charge >= 0.3 is 0 Å². The first-order valence-corrected chi connectivity index (χ1v) is 6.27. The quantitative estimate of drug-likeness (QED) is 0.864. The lowest BCUT2D eigenvalue weighted by Crippen LogP contribution is -2.42. The number of fused-ring (bicyclic) bond motifs is 1. The largest absolute Gasteiger partial charge is 0.365 e. The Kier molecular flexibility index (Phi) is 3.20. The average Bonchev–Trinajstić information content (AvgIpc) is 2.28. The predicted molar refractivity (Wildman–Crippen MR) is 75.3 cm³/mol. The lowest BCUT2D eigenvalue weighted by atomic mass is 9.88. The standard InChI is InChI=1S/C15H21FN2/c1-10-8-15(2,3)18(5)14-7-13(16)11(9-17-4)6-12(10)14/h6-8,17H,9H2,1-5H3. The lowest BCUT2D eigenvalue weighted by Gasteiger charge is -2.40. The summed E-state index contributed by atoms with van der Waals surface area (Å²) in [6, 6.07) is 3.61. The monoisotopic (exact) mass is 248 g/mol. The van der Waals surface area contributed by atoms with Crippen LogP contribution in [-0.4, -0.2) is 19.6 Å². The molecule has 0 saturated heterocycles. The van der Waals surface area contributed by atoms with Crippen LogP contribution >= 0.6 is 0 Å². The van der Waals surface area contributed by atoms with Crippen molar-refractivity contribution < 1.29 is 4.39 Å². The molecule has 0 saturated carbocycles. The summed E-state index contributed by atoms with van der Waals surface area (Å²) >= 11 is 0. The molecule has 1 heterocycles. The Labute approximate surface area is 108 Å².